The van der Waals surface area contributed by atoms with Gasteiger partial charge in [0.2, 0.25) is 5.91 Å². The van der Waals surface area contributed by atoms with Gasteiger partial charge in [-0.1, -0.05) is 18.2 Å². The highest BCUT2D eigenvalue weighted by atomic mass is 16.2. The summed E-state index contributed by atoms with van der Waals surface area (Å²) in [6, 6.07) is 10.1. The van der Waals surface area contributed by atoms with Crippen molar-refractivity contribution in [3.05, 3.63) is 48.3 Å². The summed E-state index contributed by atoms with van der Waals surface area (Å²) in [6.07, 6.45) is 5.15. The monoisotopic (exact) mass is 286 g/mol. The number of aromatic nitrogens is 2. The highest BCUT2D eigenvalue weighted by Gasteiger charge is 2.05. The van der Waals surface area contributed by atoms with Gasteiger partial charge in [-0.3, -0.25) is 4.79 Å². The minimum absolute atomic E-state index is 0.175. The Labute approximate surface area is 125 Å². The van der Waals surface area contributed by atoms with Crippen molar-refractivity contribution in [2.45, 2.75) is 19.4 Å². The van der Waals surface area contributed by atoms with E-state index in [1.165, 1.54) is 5.56 Å². The number of rotatable bonds is 7. The highest BCUT2D eigenvalue weighted by molar-refractivity contribution is 5.75. The maximum Gasteiger partial charge on any atom is 0.222 e. The van der Waals surface area contributed by atoms with Crippen molar-refractivity contribution in [3.63, 3.8) is 0 Å². The molecule has 2 rings (SSSR count). The molecule has 2 aromatic rings. The molecule has 5 nitrogen and oxygen atoms in total. The number of nitrogens with zero attached hydrogens (tertiary/aromatic N) is 3. The first-order valence-corrected chi connectivity index (χ1v) is 7.17. The minimum atomic E-state index is 0.175. The molecule has 1 amide bonds. The van der Waals surface area contributed by atoms with Crippen LogP contribution in [-0.2, 0) is 11.3 Å². The van der Waals surface area contributed by atoms with E-state index in [0.29, 0.717) is 6.42 Å². The Morgan fingerprint density at radius 3 is 2.81 bits per heavy atom. The zero-order chi connectivity index (χ0) is 15.1. The van der Waals surface area contributed by atoms with Gasteiger partial charge in [-0.05, 0) is 30.7 Å². The van der Waals surface area contributed by atoms with Gasteiger partial charge in [-0.15, -0.1) is 0 Å². The Morgan fingerprint density at radius 2 is 2.10 bits per heavy atom. The number of carbonyl (C=O) groups excluding carboxylic acids is 1. The van der Waals surface area contributed by atoms with Crippen molar-refractivity contribution in [3.8, 4) is 5.69 Å². The molecule has 1 heterocycles. The highest BCUT2D eigenvalue weighted by Crippen LogP contribution is 2.13. The molecule has 1 aromatic heterocycles. The fourth-order valence-electron chi connectivity index (χ4n) is 2.11. The zero-order valence-corrected chi connectivity index (χ0v) is 12.6. The second-order valence-corrected chi connectivity index (χ2v) is 5.15. The molecule has 0 spiro atoms. The van der Waals surface area contributed by atoms with Crippen LogP contribution in [0.15, 0.2) is 42.7 Å². The van der Waals surface area contributed by atoms with Crippen LogP contribution in [0.25, 0.3) is 5.69 Å². The third kappa shape index (κ3) is 4.43. The molecule has 0 atom stereocenters. The Morgan fingerprint density at radius 1 is 1.29 bits per heavy atom. The lowest BCUT2D eigenvalue weighted by Gasteiger charge is -2.12. The van der Waals surface area contributed by atoms with Gasteiger partial charge in [-0.2, -0.15) is 5.10 Å². The number of amides is 1. The van der Waals surface area contributed by atoms with Crippen molar-refractivity contribution in [2.75, 3.05) is 20.6 Å². The standard InChI is InChI=1S/C16H22N4O/c1-19(2)16(21)9-5-10-17-13-14-7-3-4-8-15(14)20-12-6-11-18-20/h3-4,6-8,11-12,17H,5,9-10,13H2,1-2H3. The van der Waals surface area contributed by atoms with Gasteiger partial charge >= 0.3 is 0 Å². The number of hydrogen-bond acceptors (Lipinski definition) is 3. The Balaban J connectivity index is 1.83. The largest absolute Gasteiger partial charge is 0.349 e. The van der Waals surface area contributed by atoms with Crippen LogP contribution in [0.2, 0.25) is 0 Å². The molecule has 0 aliphatic rings. The third-order valence-corrected chi connectivity index (χ3v) is 3.30. The molecule has 0 unspecified atom stereocenters. The average molecular weight is 286 g/mol. The van der Waals surface area contributed by atoms with Crippen LogP contribution in [0.1, 0.15) is 18.4 Å². The van der Waals surface area contributed by atoms with Gasteiger partial charge < -0.3 is 10.2 Å². The van der Waals surface area contributed by atoms with Crippen LogP contribution in [0, 0.1) is 0 Å². The van der Waals surface area contributed by atoms with E-state index in [9.17, 15) is 4.79 Å². The first-order valence-electron chi connectivity index (χ1n) is 7.17. The molecule has 0 radical (unpaired) electrons. The van der Waals surface area contributed by atoms with E-state index < -0.39 is 0 Å². The van der Waals surface area contributed by atoms with Gasteiger partial charge in [0.1, 0.15) is 0 Å². The maximum absolute atomic E-state index is 11.5. The summed E-state index contributed by atoms with van der Waals surface area (Å²) in [7, 11) is 3.58. The van der Waals surface area contributed by atoms with Crippen LogP contribution in [0.5, 0.6) is 0 Å². The van der Waals surface area contributed by atoms with Crippen LogP contribution >= 0.6 is 0 Å². The SMILES string of the molecule is CN(C)C(=O)CCCNCc1ccccc1-n1cccn1. The average Bonchev–Trinajstić information content (AvgIpc) is 3.01. The van der Waals surface area contributed by atoms with Crippen LogP contribution in [-0.4, -0.2) is 41.2 Å². The number of carbonyl (C=O) groups is 1. The van der Waals surface area contributed by atoms with Gasteiger partial charge in [0.05, 0.1) is 5.69 Å². The van der Waals surface area contributed by atoms with Gasteiger partial charge in [-0.25, -0.2) is 4.68 Å². The third-order valence-electron chi connectivity index (χ3n) is 3.30. The minimum Gasteiger partial charge on any atom is -0.349 e. The lowest BCUT2D eigenvalue weighted by molar-refractivity contribution is -0.128. The van der Waals surface area contributed by atoms with Gasteiger partial charge in [0.15, 0.2) is 0 Å². The molecule has 1 N–H and O–H groups in total. The molecular weight excluding hydrogens is 264 g/mol. The Bertz CT molecular complexity index is 563. The molecular formula is C16H22N4O. The molecule has 21 heavy (non-hydrogen) atoms. The van der Waals surface area contributed by atoms with Crippen LogP contribution in [0.4, 0.5) is 0 Å². The quantitative estimate of drug-likeness (QED) is 0.790. The molecule has 5 heteroatoms. The number of para-hydroxylation sites is 1. The summed E-state index contributed by atoms with van der Waals surface area (Å²) in [5.74, 6) is 0.175. The normalized spacial score (nSPS) is 10.6. The van der Waals surface area contributed by atoms with Crippen molar-refractivity contribution in [1.29, 1.82) is 0 Å². The fourth-order valence-corrected chi connectivity index (χ4v) is 2.11. The van der Waals surface area contributed by atoms with Gasteiger partial charge in [0, 0.05) is 39.5 Å². The van der Waals surface area contributed by atoms with E-state index in [-0.39, 0.29) is 5.91 Å². The summed E-state index contributed by atoms with van der Waals surface area (Å²) in [5, 5.41) is 7.66. The summed E-state index contributed by atoms with van der Waals surface area (Å²) in [4.78, 5) is 13.1. The van der Waals surface area contributed by atoms with Crippen LogP contribution < -0.4 is 5.32 Å². The molecule has 1 aromatic carbocycles. The van der Waals surface area contributed by atoms with E-state index in [1.54, 1.807) is 25.2 Å². The topological polar surface area (TPSA) is 50.2 Å². The van der Waals surface area contributed by atoms with E-state index >= 15 is 0 Å². The van der Waals surface area contributed by atoms with Crippen molar-refractivity contribution >= 4 is 5.91 Å². The zero-order valence-electron chi connectivity index (χ0n) is 12.6. The van der Waals surface area contributed by atoms with Crippen molar-refractivity contribution in [1.82, 2.24) is 20.0 Å². The first-order chi connectivity index (χ1) is 10.2. The Hall–Kier alpha value is -2.14. The molecule has 0 saturated carbocycles. The smallest absolute Gasteiger partial charge is 0.222 e. The second kappa shape index (κ2) is 7.59. The molecule has 0 aliphatic carbocycles. The van der Waals surface area contributed by atoms with Crippen molar-refractivity contribution < 1.29 is 4.79 Å². The fraction of sp³-hybridized carbons (Fsp3) is 0.375. The maximum atomic E-state index is 11.5. The number of hydrogen-bond donors (Lipinski definition) is 1. The summed E-state index contributed by atoms with van der Waals surface area (Å²) in [5.41, 5.74) is 2.28. The second-order valence-electron chi connectivity index (χ2n) is 5.15. The lowest BCUT2D eigenvalue weighted by atomic mass is 10.1. The van der Waals surface area contributed by atoms with E-state index in [4.69, 9.17) is 0 Å². The molecule has 0 aliphatic heterocycles. The van der Waals surface area contributed by atoms with Crippen LogP contribution in [0.3, 0.4) is 0 Å². The van der Waals surface area contributed by atoms with E-state index in [1.807, 2.05) is 29.1 Å². The first kappa shape index (κ1) is 15.3. The van der Waals surface area contributed by atoms with Gasteiger partial charge in [0.25, 0.3) is 0 Å². The molecule has 0 bridgehead atoms. The lowest BCUT2D eigenvalue weighted by Crippen LogP contribution is -2.23. The van der Waals surface area contributed by atoms with Crippen molar-refractivity contribution in [2.24, 2.45) is 0 Å². The summed E-state index contributed by atoms with van der Waals surface area (Å²) in [6.45, 7) is 1.60. The van der Waals surface area contributed by atoms with E-state index in [0.717, 1.165) is 25.2 Å². The predicted molar refractivity (Wildman–Crippen MR) is 83.2 cm³/mol. The van der Waals surface area contributed by atoms with E-state index in [2.05, 4.69) is 22.5 Å². The molecule has 0 fully saturated rings. The predicted octanol–water partition coefficient (Wildman–Crippen LogP) is 1.83. The summed E-state index contributed by atoms with van der Waals surface area (Å²) >= 11 is 0. The number of benzene rings is 1. The number of nitrogens with one attached hydrogen (secondary N) is 1. The molecule has 112 valence electrons. The molecule has 0 saturated heterocycles. The summed E-state index contributed by atoms with van der Waals surface area (Å²) < 4.78 is 1.87. The Kier molecular flexibility index (Phi) is 5.51.